The van der Waals surface area contributed by atoms with E-state index in [4.69, 9.17) is 18.5 Å². The number of carbonyl (C=O) groups excluding carboxylic acids is 2. The van der Waals surface area contributed by atoms with E-state index in [2.05, 4.69) is 196 Å². The van der Waals surface area contributed by atoms with Crippen LogP contribution in [0.2, 0.25) is 0 Å². The smallest absolute Gasteiger partial charge is 0.306 e. The van der Waals surface area contributed by atoms with E-state index >= 15 is 0 Å². The normalized spacial score (nSPS) is 14.1. The Balaban J connectivity index is 4.03. The number of unbranched alkanes of at least 4 members (excludes halogenated alkanes) is 27. The van der Waals surface area contributed by atoms with Crippen LogP contribution in [-0.2, 0) is 32.7 Å². The third-order valence-corrected chi connectivity index (χ3v) is 17.4. The first-order chi connectivity index (χ1) is 48.0. The maximum absolute atomic E-state index is 12.9. The van der Waals surface area contributed by atoms with Crippen LogP contribution in [0, 0.1) is 0 Å². The molecule has 0 saturated carbocycles. The highest BCUT2D eigenvalue weighted by Crippen LogP contribution is 2.38. The molecule has 0 aliphatic carbocycles. The minimum absolute atomic E-state index is 0.0381. The maximum Gasteiger partial charge on any atom is 0.306 e. The zero-order valence-corrected chi connectivity index (χ0v) is 64.3. The van der Waals surface area contributed by atoms with Crippen LogP contribution in [0.15, 0.2) is 182 Å². The van der Waals surface area contributed by atoms with Crippen LogP contribution in [0.3, 0.4) is 0 Å². The molecule has 0 rings (SSSR count). The van der Waals surface area contributed by atoms with Crippen molar-refractivity contribution in [3.05, 3.63) is 182 Å². The number of ether oxygens (including phenoxy) is 2. The molecule has 2 atom stereocenters. The number of hydrogen-bond donors (Lipinski definition) is 0. The molecule has 0 bridgehead atoms. The summed E-state index contributed by atoms with van der Waals surface area (Å²) >= 11 is 0. The Morgan fingerprint density at radius 1 is 0.316 bits per heavy atom. The molecule has 0 N–H and O–H groups in total. The summed E-state index contributed by atoms with van der Waals surface area (Å²) in [5.74, 6) is -0.838. The second kappa shape index (κ2) is 76.3. The lowest BCUT2D eigenvalue weighted by atomic mass is 10.0. The number of phosphoric ester groups is 1. The Labute approximate surface area is 603 Å². The highest BCUT2D eigenvalue weighted by atomic mass is 31.2. The maximum atomic E-state index is 12.9. The standard InChI is InChI=1S/C88H146NO8P/c1-6-8-10-12-14-16-18-20-22-24-26-28-30-32-34-36-38-40-41-42-43-44-45-46-47-49-51-53-55-57-59-61-63-65-67-69-71-73-75-77-79-81-88(91)97-86(85-96-98(92,93)95-83-82-89(3,4)5)84-94-87(90)80-78-76-74-72-70-68-66-64-62-60-58-56-54-52-50-48-39-37-35-33-31-29-27-25-23-21-19-17-15-13-11-9-7-2/h8-11,14-17,20-23,26-29,32-35,38-40,42-43,45-46,48,52,54,86H,6-7,12-13,18-19,24-25,30-31,36-37,41,44,47,49-51,53,55-85H2,1-5H3/b10-8-,11-9-,16-14-,17-15-,22-20-,23-21-,28-26-,29-27-,34-32-,35-33-,40-38-,43-42-,46-45-,48-39-,54-52-. The fraction of sp³-hybridized carbons (Fsp3) is 0.636. The lowest BCUT2D eigenvalue weighted by molar-refractivity contribution is -0.870. The molecule has 556 valence electrons. The summed E-state index contributed by atoms with van der Waals surface area (Å²) in [6.45, 7) is 4.01. The fourth-order valence-electron chi connectivity index (χ4n) is 10.5. The quantitative estimate of drug-likeness (QED) is 0.0195. The Morgan fingerprint density at radius 3 is 0.816 bits per heavy atom. The first-order valence-corrected chi connectivity index (χ1v) is 41.0. The van der Waals surface area contributed by atoms with Gasteiger partial charge in [-0.15, -0.1) is 0 Å². The van der Waals surface area contributed by atoms with Crippen LogP contribution in [0.4, 0.5) is 0 Å². The summed E-state index contributed by atoms with van der Waals surface area (Å²) in [6, 6.07) is 0. The first kappa shape index (κ1) is 93.1. The molecule has 0 radical (unpaired) electrons. The molecule has 10 heteroatoms. The number of hydrogen-bond acceptors (Lipinski definition) is 8. The number of quaternary nitrogens is 1. The summed E-state index contributed by atoms with van der Waals surface area (Å²) in [5, 5.41) is 0. The van der Waals surface area contributed by atoms with Gasteiger partial charge in [-0.1, -0.05) is 344 Å². The lowest BCUT2D eigenvalue weighted by Gasteiger charge is -2.28. The fourth-order valence-corrected chi connectivity index (χ4v) is 11.2. The first-order valence-electron chi connectivity index (χ1n) is 39.5. The van der Waals surface area contributed by atoms with Gasteiger partial charge in [0.05, 0.1) is 27.7 Å². The summed E-state index contributed by atoms with van der Waals surface area (Å²) < 4.78 is 34.4. The highest BCUT2D eigenvalue weighted by Gasteiger charge is 2.22. The molecule has 98 heavy (non-hydrogen) atoms. The largest absolute Gasteiger partial charge is 0.756 e. The van der Waals surface area contributed by atoms with E-state index in [0.29, 0.717) is 17.4 Å². The van der Waals surface area contributed by atoms with Gasteiger partial charge in [0, 0.05) is 12.8 Å². The van der Waals surface area contributed by atoms with Gasteiger partial charge in [0.1, 0.15) is 19.8 Å². The van der Waals surface area contributed by atoms with Crippen molar-refractivity contribution >= 4 is 19.8 Å². The Morgan fingerprint density at radius 2 is 0.551 bits per heavy atom. The van der Waals surface area contributed by atoms with Gasteiger partial charge in [-0.3, -0.25) is 14.2 Å². The molecule has 0 heterocycles. The third kappa shape index (κ3) is 80.1. The number of esters is 2. The SMILES string of the molecule is CC/C=C\C/C=C\C/C=C\C/C=C\C/C=C\C/C=C\C/C=C\C/C=C\CCCCCCCCCCCCCCCCCCC(=O)OC(COC(=O)CCCCCCCCCCCCC/C=C\C/C=C\C/C=C\C/C=C\C/C=C\C/C=C\C/C=C\CC)COP(=O)([O-])OCC[N+](C)(C)C. The van der Waals surface area contributed by atoms with Crippen molar-refractivity contribution in [2.45, 2.75) is 315 Å². The van der Waals surface area contributed by atoms with Crippen molar-refractivity contribution in [2.75, 3.05) is 47.5 Å². The van der Waals surface area contributed by atoms with Crippen molar-refractivity contribution in [2.24, 2.45) is 0 Å². The summed E-state index contributed by atoms with van der Waals surface area (Å²) in [6.07, 6.45) is 117. The molecule has 0 aliphatic heterocycles. The van der Waals surface area contributed by atoms with E-state index in [0.717, 1.165) is 148 Å². The molecule has 0 spiro atoms. The topological polar surface area (TPSA) is 111 Å². The van der Waals surface area contributed by atoms with E-state index in [-0.39, 0.29) is 32.0 Å². The summed E-state index contributed by atoms with van der Waals surface area (Å²) in [4.78, 5) is 38.2. The lowest BCUT2D eigenvalue weighted by Crippen LogP contribution is -2.37. The average molecular weight is 1380 g/mol. The van der Waals surface area contributed by atoms with E-state index in [9.17, 15) is 19.0 Å². The highest BCUT2D eigenvalue weighted by molar-refractivity contribution is 7.45. The Kier molecular flexibility index (Phi) is 72.5. The monoisotopic (exact) mass is 1380 g/mol. The molecule has 0 fully saturated rings. The predicted octanol–water partition coefficient (Wildman–Crippen LogP) is 26.0. The van der Waals surface area contributed by atoms with Crippen molar-refractivity contribution in [1.29, 1.82) is 0 Å². The van der Waals surface area contributed by atoms with E-state index in [1.807, 2.05) is 21.1 Å². The van der Waals surface area contributed by atoms with Gasteiger partial charge in [-0.05, 0) is 135 Å². The van der Waals surface area contributed by atoms with Crippen molar-refractivity contribution in [3.63, 3.8) is 0 Å². The second-order valence-corrected chi connectivity index (χ2v) is 28.4. The van der Waals surface area contributed by atoms with Gasteiger partial charge in [0.25, 0.3) is 7.82 Å². The van der Waals surface area contributed by atoms with Crippen molar-refractivity contribution < 1.29 is 42.1 Å². The Bertz CT molecular complexity index is 2320. The van der Waals surface area contributed by atoms with Gasteiger partial charge in [-0.2, -0.15) is 0 Å². The van der Waals surface area contributed by atoms with Gasteiger partial charge in [0.2, 0.25) is 0 Å². The van der Waals surface area contributed by atoms with Crippen LogP contribution < -0.4 is 4.89 Å². The predicted molar refractivity (Wildman–Crippen MR) is 424 cm³/mol. The summed E-state index contributed by atoms with van der Waals surface area (Å²) in [7, 11) is 1.15. The second-order valence-electron chi connectivity index (χ2n) is 27.0. The molecule has 9 nitrogen and oxygen atoms in total. The number of likely N-dealkylation sites (N-methyl/N-ethyl adjacent to an activating group) is 1. The molecular formula is C88H146NO8P. The van der Waals surface area contributed by atoms with Gasteiger partial charge in [0.15, 0.2) is 6.10 Å². The molecule has 0 aromatic rings. The van der Waals surface area contributed by atoms with E-state index in [1.165, 1.54) is 128 Å². The molecule has 0 saturated heterocycles. The number of allylic oxidation sites excluding steroid dienone is 30. The van der Waals surface area contributed by atoms with Crippen LogP contribution in [-0.4, -0.2) is 70.0 Å². The molecule has 0 aliphatic rings. The van der Waals surface area contributed by atoms with Gasteiger partial charge >= 0.3 is 11.9 Å². The average Bonchev–Trinajstić information content (AvgIpc) is 1.08. The van der Waals surface area contributed by atoms with E-state index < -0.39 is 26.5 Å². The third-order valence-electron chi connectivity index (χ3n) is 16.4. The molecule has 2 unspecified atom stereocenters. The molecule has 0 aromatic heterocycles. The Hall–Kier alpha value is -4.89. The molecular weight excluding hydrogens is 1230 g/mol. The molecule has 0 aromatic carbocycles. The number of rotatable bonds is 71. The summed E-state index contributed by atoms with van der Waals surface area (Å²) in [5.41, 5.74) is 0. The number of nitrogens with zero attached hydrogens (tertiary/aromatic N) is 1. The minimum Gasteiger partial charge on any atom is -0.756 e. The van der Waals surface area contributed by atoms with Crippen molar-refractivity contribution in [1.82, 2.24) is 0 Å². The van der Waals surface area contributed by atoms with Crippen LogP contribution >= 0.6 is 7.82 Å². The zero-order chi connectivity index (χ0) is 71.1. The number of phosphoric acid groups is 1. The van der Waals surface area contributed by atoms with Gasteiger partial charge < -0.3 is 27.9 Å². The van der Waals surface area contributed by atoms with E-state index in [1.54, 1.807) is 0 Å². The number of carbonyl (C=O) groups is 2. The van der Waals surface area contributed by atoms with Crippen LogP contribution in [0.25, 0.3) is 0 Å². The minimum atomic E-state index is -4.66. The van der Waals surface area contributed by atoms with Gasteiger partial charge in [-0.25, -0.2) is 0 Å². The van der Waals surface area contributed by atoms with Crippen LogP contribution in [0.5, 0.6) is 0 Å². The zero-order valence-electron chi connectivity index (χ0n) is 63.4. The van der Waals surface area contributed by atoms with Crippen LogP contribution in [0.1, 0.15) is 309 Å². The van der Waals surface area contributed by atoms with Crippen molar-refractivity contribution in [3.8, 4) is 0 Å². The molecule has 0 amide bonds.